The van der Waals surface area contributed by atoms with Crippen LogP contribution in [0, 0.1) is 6.92 Å². The lowest BCUT2D eigenvalue weighted by atomic mass is 9.96. The number of nitrogens with one attached hydrogen (secondary N) is 1. The molecule has 150 valence electrons. The highest BCUT2D eigenvalue weighted by Gasteiger charge is 2.39. The number of benzene rings is 2. The largest absolute Gasteiger partial charge is 0.497 e. The minimum Gasteiger partial charge on any atom is -0.497 e. The van der Waals surface area contributed by atoms with Gasteiger partial charge in [0, 0.05) is 18.1 Å². The molecule has 2 aromatic carbocycles. The maximum atomic E-state index is 13.4. The van der Waals surface area contributed by atoms with Gasteiger partial charge in [-0.3, -0.25) is 9.10 Å². The van der Waals surface area contributed by atoms with Crippen LogP contribution in [0.15, 0.2) is 47.4 Å². The lowest BCUT2D eigenvalue weighted by molar-refractivity contribution is -0.122. The van der Waals surface area contributed by atoms with Crippen molar-refractivity contribution in [2.45, 2.75) is 37.3 Å². The molecule has 0 spiro atoms. The van der Waals surface area contributed by atoms with Gasteiger partial charge >= 0.3 is 0 Å². The van der Waals surface area contributed by atoms with Crippen LogP contribution < -0.4 is 14.4 Å². The molecular weight excluding hydrogens is 380 g/mol. The number of hydrogen-bond donors (Lipinski definition) is 2. The number of fused-ring (bicyclic) bond motifs is 1. The van der Waals surface area contributed by atoms with Gasteiger partial charge in [-0.15, -0.1) is 0 Å². The van der Waals surface area contributed by atoms with Gasteiger partial charge in [0.05, 0.1) is 30.3 Å². The Morgan fingerprint density at radius 2 is 1.93 bits per heavy atom. The van der Waals surface area contributed by atoms with E-state index in [0.717, 1.165) is 5.56 Å². The lowest BCUT2D eigenvalue weighted by Gasteiger charge is -2.38. The number of amides is 1. The van der Waals surface area contributed by atoms with Crippen LogP contribution in [-0.4, -0.2) is 39.1 Å². The average Bonchev–Trinajstić information content (AvgIpc) is 2.69. The van der Waals surface area contributed by atoms with Crippen molar-refractivity contribution in [1.82, 2.24) is 5.32 Å². The van der Waals surface area contributed by atoms with Gasteiger partial charge in [-0.2, -0.15) is 0 Å². The molecule has 3 rings (SSSR count). The molecule has 1 heterocycles. The average molecular weight is 404 g/mol. The first-order chi connectivity index (χ1) is 13.3. The minimum atomic E-state index is -3.90. The van der Waals surface area contributed by atoms with E-state index in [0.29, 0.717) is 17.0 Å². The molecule has 1 amide bonds. The monoisotopic (exact) mass is 404 g/mol. The molecule has 0 saturated heterocycles. The van der Waals surface area contributed by atoms with Crippen molar-refractivity contribution in [1.29, 1.82) is 0 Å². The fourth-order valence-electron chi connectivity index (χ4n) is 3.21. The van der Waals surface area contributed by atoms with E-state index in [4.69, 9.17) is 4.74 Å². The van der Waals surface area contributed by atoms with E-state index in [1.807, 2.05) is 6.92 Å². The van der Waals surface area contributed by atoms with Crippen LogP contribution in [0.3, 0.4) is 0 Å². The Labute approximate surface area is 165 Å². The Bertz CT molecular complexity index is 973. The smallest absolute Gasteiger partial charge is 0.264 e. The molecule has 0 bridgehead atoms. The highest BCUT2D eigenvalue weighted by molar-refractivity contribution is 7.92. The zero-order chi connectivity index (χ0) is 20.5. The normalized spacial score (nSPS) is 19.1. The Kier molecular flexibility index (Phi) is 5.62. The standard InChI is InChI=1S/C20H24N2O5S/c1-4-19(23)21-17-12-22(28(25,26)15-8-5-13(2)6-9-15)18-11-14(27-3)7-10-16(18)20(17)24/h5-11,17,20,24H,4,12H2,1-3H3,(H,21,23)/t17-,20-/m0/s1. The van der Waals surface area contributed by atoms with Crippen LogP contribution in [0.1, 0.15) is 30.6 Å². The number of ether oxygens (including phenoxy) is 1. The number of methoxy groups -OCH3 is 1. The number of nitrogens with zero attached hydrogens (tertiary/aromatic N) is 1. The van der Waals surface area contributed by atoms with Gasteiger partial charge in [-0.1, -0.05) is 30.7 Å². The second kappa shape index (κ2) is 7.81. The van der Waals surface area contributed by atoms with Crippen molar-refractivity contribution in [3.63, 3.8) is 0 Å². The van der Waals surface area contributed by atoms with E-state index in [1.54, 1.807) is 49.4 Å². The second-order valence-corrected chi connectivity index (χ2v) is 8.61. The number of aliphatic hydroxyl groups excluding tert-OH is 1. The van der Waals surface area contributed by atoms with Gasteiger partial charge < -0.3 is 15.2 Å². The van der Waals surface area contributed by atoms with Crippen molar-refractivity contribution < 1.29 is 23.1 Å². The quantitative estimate of drug-likeness (QED) is 0.796. The van der Waals surface area contributed by atoms with E-state index >= 15 is 0 Å². The molecule has 7 nitrogen and oxygen atoms in total. The van der Waals surface area contributed by atoms with Crippen LogP contribution >= 0.6 is 0 Å². The van der Waals surface area contributed by atoms with Crippen LogP contribution in [0.25, 0.3) is 0 Å². The molecule has 28 heavy (non-hydrogen) atoms. The molecule has 1 aliphatic rings. The van der Waals surface area contributed by atoms with Crippen LogP contribution in [0.2, 0.25) is 0 Å². The molecule has 8 heteroatoms. The Morgan fingerprint density at radius 1 is 1.25 bits per heavy atom. The molecule has 0 radical (unpaired) electrons. The zero-order valence-electron chi connectivity index (χ0n) is 16.0. The molecule has 0 saturated carbocycles. The van der Waals surface area contributed by atoms with Crippen molar-refractivity contribution in [3.8, 4) is 5.75 Å². The Hall–Kier alpha value is -2.58. The third kappa shape index (κ3) is 3.70. The highest BCUT2D eigenvalue weighted by atomic mass is 32.2. The summed E-state index contributed by atoms with van der Waals surface area (Å²) in [5.41, 5.74) is 1.71. The first-order valence-corrected chi connectivity index (χ1v) is 10.5. The third-order valence-electron chi connectivity index (χ3n) is 4.85. The topological polar surface area (TPSA) is 95.9 Å². The Morgan fingerprint density at radius 3 is 2.54 bits per heavy atom. The van der Waals surface area contributed by atoms with Crippen molar-refractivity contribution in [2.75, 3.05) is 18.0 Å². The number of sulfonamides is 1. The maximum absolute atomic E-state index is 13.4. The van der Waals surface area contributed by atoms with Crippen LogP contribution in [0.4, 0.5) is 5.69 Å². The number of hydrogen-bond acceptors (Lipinski definition) is 5. The van der Waals surface area contributed by atoms with Crippen LogP contribution in [0.5, 0.6) is 5.75 Å². The van der Waals surface area contributed by atoms with E-state index in [1.165, 1.54) is 11.4 Å². The van der Waals surface area contributed by atoms with Gasteiger partial charge in [0.15, 0.2) is 0 Å². The third-order valence-corrected chi connectivity index (χ3v) is 6.64. The first kappa shape index (κ1) is 20.2. The molecule has 0 aliphatic carbocycles. The summed E-state index contributed by atoms with van der Waals surface area (Å²) >= 11 is 0. The molecule has 2 aromatic rings. The molecule has 0 fully saturated rings. The summed E-state index contributed by atoms with van der Waals surface area (Å²) in [5.74, 6) is 0.222. The van der Waals surface area contributed by atoms with E-state index in [-0.39, 0.29) is 23.8 Å². The summed E-state index contributed by atoms with van der Waals surface area (Å²) in [5, 5.41) is 13.5. The molecule has 2 atom stereocenters. The number of anilines is 1. The zero-order valence-corrected chi connectivity index (χ0v) is 16.9. The summed E-state index contributed by atoms with van der Waals surface area (Å²) in [7, 11) is -2.41. The SMILES string of the molecule is CCC(=O)N[C@H]1CN(S(=O)(=O)c2ccc(C)cc2)c2cc(OC)ccc2[C@@H]1O. The number of carbonyl (C=O) groups is 1. The summed E-state index contributed by atoms with van der Waals surface area (Å²) in [6.07, 6.45) is -0.787. The first-order valence-electron chi connectivity index (χ1n) is 9.02. The summed E-state index contributed by atoms with van der Waals surface area (Å²) < 4.78 is 33.2. The van der Waals surface area contributed by atoms with E-state index in [2.05, 4.69) is 5.32 Å². The maximum Gasteiger partial charge on any atom is 0.264 e. The summed E-state index contributed by atoms with van der Waals surface area (Å²) in [6, 6.07) is 10.7. The van der Waals surface area contributed by atoms with Crippen molar-refractivity contribution in [3.05, 3.63) is 53.6 Å². The molecule has 0 aromatic heterocycles. The Balaban J connectivity index is 2.11. The fourth-order valence-corrected chi connectivity index (χ4v) is 4.72. The van der Waals surface area contributed by atoms with Crippen molar-refractivity contribution in [2.24, 2.45) is 0 Å². The van der Waals surface area contributed by atoms with Gasteiger partial charge in [-0.05, 0) is 25.1 Å². The number of aliphatic hydroxyl groups is 1. The minimum absolute atomic E-state index is 0.0801. The molecule has 2 N–H and O–H groups in total. The lowest BCUT2D eigenvalue weighted by Crippen LogP contribution is -2.52. The number of aryl methyl sites for hydroxylation is 1. The van der Waals surface area contributed by atoms with Crippen molar-refractivity contribution >= 4 is 21.6 Å². The second-order valence-electron chi connectivity index (χ2n) is 6.75. The molecule has 0 unspecified atom stereocenters. The molecular formula is C20H24N2O5S. The van der Waals surface area contributed by atoms with Gasteiger partial charge in [0.2, 0.25) is 5.91 Å². The van der Waals surface area contributed by atoms with E-state index < -0.39 is 22.2 Å². The summed E-state index contributed by atoms with van der Waals surface area (Å²) in [4.78, 5) is 12.0. The van der Waals surface area contributed by atoms with Gasteiger partial charge in [0.1, 0.15) is 11.9 Å². The summed E-state index contributed by atoms with van der Waals surface area (Å²) in [6.45, 7) is 3.50. The number of carbonyl (C=O) groups excluding carboxylic acids is 1. The fraction of sp³-hybridized carbons (Fsp3) is 0.350. The van der Waals surface area contributed by atoms with Crippen LogP contribution in [-0.2, 0) is 14.8 Å². The predicted octanol–water partition coefficient (Wildman–Crippen LogP) is 2.14. The van der Waals surface area contributed by atoms with Gasteiger partial charge in [-0.25, -0.2) is 8.42 Å². The molecule has 1 aliphatic heterocycles. The number of rotatable bonds is 5. The predicted molar refractivity (Wildman–Crippen MR) is 106 cm³/mol. The van der Waals surface area contributed by atoms with Gasteiger partial charge in [0.25, 0.3) is 10.0 Å². The highest BCUT2D eigenvalue weighted by Crippen LogP contribution is 2.39. The van der Waals surface area contributed by atoms with E-state index in [9.17, 15) is 18.3 Å².